The Hall–Kier alpha value is -2.99. The van der Waals surface area contributed by atoms with Gasteiger partial charge in [0.15, 0.2) is 0 Å². The van der Waals surface area contributed by atoms with Crippen LogP contribution >= 0.6 is 0 Å². The Morgan fingerprint density at radius 2 is 2.21 bits per heavy atom. The summed E-state index contributed by atoms with van der Waals surface area (Å²) in [6.07, 6.45) is 3.66. The third-order valence-electron chi connectivity index (χ3n) is 5.91. The Bertz CT molecular complexity index is 1140. The minimum atomic E-state index is -0.824. The van der Waals surface area contributed by atoms with Gasteiger partial charge >= 0.3 is 0 Å². The molecule has 2 aromatic heterocycles. The second kappa shape index (κ2) is 6.81. The summed E-state index contributed by atoms with van der Waals surface area (Å²) < 4.78 is 15.2. The molecule has 4 rings (SSSR count). The molecule has 1 atom stereocenters. The fraction of sp³-hybridized carbons (Fsp3) is 0.304. The lowest BCUT2D eigenvalue weighted by Crippen LogP contribution is -2.34. The van der Waals surface area contributed by atoms with Gasteiger partial charge in [-0.1, -0.05) is 12.6 Å². The predicted molar refractivity (Wildman–Crippen MR) is 112 cm³/mol. The van der Waals surface area contributed by atoms with Crippen LogP contribution in [0.25, 0.3) is 28.2 Å². The van der Waals surface area contributed by atoms with Gasteiger partial charge in [0.2, 0.25) is 0 Å². The number of aliphatic hydroxyl groups is 1. The van der Waals surface area contributed by atoms with Crippen molar-refractivity contribution in [2.45, 2.75) is 38.7 Å². The molecule has 0 saturated carbocycles. The monoisotopic (exact) mass is 393 g/mol. The molecule has 1 aromatic carbocycles. The van der Waals surface area contributed by atoms with Crippen LogP contribution in [0.15, 0.2) is 30.8 Å². The molecule has 3 aromatic rings. The number of primary amides is 1. The number of hydrogen-bond donors (Lipinski definition) is 3. The number of pyridine rings is 1. The Morgan fingerprint density at radius 1 is 1.45 bits per heavy atom. The summed E-state index contributed by atoms with van der Waals surface area (Å²) in [5, 5.41) is 11.1. The molecule has 0 unspecified atom stereocenters. The van der Waals surface area contributed by atoms with Crippen LogP contribution in [0.4, 0.5) is 4.39 Å². The van der Waals surface area contributed by atoms with E-state index in [9.17, 15) is 9.90 Å². The van der Waals surface area contributed by atoms with E-state index in [1.807, 2.05) is 0 Å². The van der Waals surface area contributed by atoms with E-state index in [4.69, 9.17) is 5.73 Å². The van der Waals surface area contributed by atoms with Crippen LogP contribution in [0.1, 0.15) is 47.6 Å². The van der Waals surface area contributed by atoms with Crippen molar-refractivity contribution < 1.29 is 14.3 Å². The zero-order chi connectivity index (χ0) is 20.9. The van der Waals surface area contributed by atoms with Crippen LogP contribution < -0.4 is 5.73 Å². The molecule has 2 heterocycles. The average molecular weight is 393 g/mol. The lowest BCUT2D eigenvalue weighted by Gasteiger charge is -2.32. The highest BCUT2D eigenvalue weighted by molar-refractivity contribution is 6.10. The number of nitrogens with one attached hydrogen (secondary N) is 1. The quantitative estimate of drug-likeness (QED) is 0.626. The van der Waals surface area contributed by atoms with Gasteiger partial charge in [-0.15, -0.1) is 0 Å². The van der Waals surface area contributed by atoms with Crippen molar-refractivity contribution in [3.8, 4) is 11.3 Å². The number of aryl methyl sites for hydroxylation is 1. The first kappa shape index (κ1) is 19.3. The van der Waals surface area contributed by atoms with Gasteiger partial charge in [-0.25, -0.2) is 9.37 Å². The van der Waals surface area contributed by atoms with Crippen LogP contribution in [0.3, 0.4) is 0 Å². The maximum absolute atomic E-state index is 15.2. The Morgan fingerprint density at radius 3 is 2.86 bits per heavy atom. The number of nitrogens with two attached hydrogens (primary N) is 1. The topological polar surface area (TPSA) is 92.0 Å². The summed E-state index contributed by atoms with van der Waals surface area (Å²) in [6, 6.07) is 6.52. The first-order chi connectivity index (χ1) is 13.7. The molecule has 150 valence electrons. The highest BCUT2D eigenvalue weighted by Crippen LogP contribution is 2.41. The molecule has 29 heavy (non-hydrogen) atoms. The number of fused-ring (bicyclic) bond motifs is 3. The maximum Gasteiger partial charge on any atom is 0.250 e. The summed E-state index contributed by atoms with van der Waals surface area (Å²) in [6.45, 7) is 7.34. The summed E-state index contributed by atoms with van der Waals surface area (Å²) in [5.41, 5.74) is 8.71. The average Bonchev–Trinajstić information content (AvgIpc) is 3.05. The standard InChI is InChI=1S/C23H24FN3O2/c1-4-13-6-5-7-17(26-13)20-16(24)11-15(22(25)28)21-19(20)14-9-8-12(23(2,3)29)10-18(14)27-21/h4-7,11-12,27,29H,1,8-10H2,2-3H3,(H2,25,28)/t12-/m1/s1. The smallest absolute Gasteiger partial charge is 0.250 e. The van der Waals surface area contributed by atoms with Crippen LogP contribution in [0, 0.1) is 11.7 Å². The summed E-state index contributed by atoms with van der Waals surface area (Å²) >= 11 is 0. The van der Waals surface area contributed by atoms with Crippen molar-refractivity contribution >= 4 is 22.9 Å². The van der Waals surface area contributed by atoms with Crippen LogP contribution in [0.2, 0.25) is 0 Å². The number of rotatable bonds is 4. The van der Waals surface area contributed by atoms with E-state index in [1.54, 1.807) is 38.1 Å². The molecule has 0 bridgehead atoms. The van der Waals surface area contributed by atoms with Gasteiger partial charge < -0.3 is 15.8 Å². The highest BCUT2D eigenvalue weighted by Gasteiger charge is 2.34. The molecule has 4 N–H and O–H groups in total. The number of hydrogen-bond acceptors (Lipinski definition) is 3. The van der Waals surface area contributed by atoms with Crippen molar-refractivity contribution in [3.05, 3.63) is 59.2 Å². The number of aromatic amines is 1. The van der Waals surface area contributed by atoms with E-state index >= 15 is 4.39 Å². The van der Waals surface area contributed by atoms with Crippen molar-refractivity contribution in [1.82, 2.24) is 9.97 Å². The summed E-state index contributed by atoms with van der Waals surface area (Å²) in [5.74, 6) is -1.16. The van der Waals surface area contributed by atoms with Gasteiger partial charge in [0.1, 0.15) is 5.82 Å². The molecular formula is C23H24FN3O2. The van der Waals surface area contributed by atoms with Crippen molar-refractivity contribution in [2.24, 2.45) is 11.7 Å². The fourth-order valence-corrected chi connectivity index (χ4v) is 4.33. The second-order valence-corrected chi connectivity index (χ2v) is 8.22. The fourth-order valence-electron chi connectivity index (χ4n) is 4.33. The SMILES string of the molecule is C=Cc1cccc(-c2c(F)cc(C(N)=O)c3[nH]c4c(c23)CC[C@@H](C(C)(C)O)C4)n1. The molecule has 5 nitrogen and oxygen atoms in total. The number of carbonyl (C=O) groups is 1. The minimum absolute atomic E-state index is 0.0654. The van der Waals surface area contributed by atoms with Crippen molar-refractivity contribution in [2.75, 3.05) is 0 Å². The van der Waals surface area contributed by atoms with Crippen LogP contribution in [-0.2, 0) is 12.8 Å². The lowest BCUT2D eigenvalue weighted by molar-refractivity contribution is 0.0107. The number of amides is 1. The largest absolute Gasteiger partial charge is 0.390 e. The molecule has 0 radical (unpaired) electrons. The predicted octanol–water partition coefficient (Wildman–Crippen LogP) is 3.99. The number of carbonyl (C=O) groups excluding carboxylic acids is 1. The van der Waals surface area contributed by atoms with Gasteiger partial charge in [-0.2, -0.15) is 0 Å². The van der Waals surface area contributed by atoms with Gasteiger partial charge in [-0.05, 0) is 68.9 Å². The first-order valence-electron chi connectivity index (χ1n) is 9.68. The van der Waals surface area contributed by atoms with Crippen LogP contribution in [-0.4, -0.2) is 26.6 Å². The maximum atomic E-state index is 15.2. The van der Waals surface area contributed by atoms with Gasteiger partial charge in [0.05, 0.1) is 28.1 Å². The van der Waals surface area contributed by atoms with E-state index in [2.05, 4.69) is 16.5 Å². The van der Waals surface area contributed by atoms with Gasteiger partial charge in [0.25, 0.3) is 5.91 Å². The number of aromatic nitrogens is 2. The van der Waals surface area contributed by atoms with E-state index in [0.29, 0.717) is 40.7 Å². The molecule has 0 spiro atoms. The minimum Gasteiger partial charge on any atom is -0.390 e. The number of halogens is 1. The van der Waals surface area contributed by atoms with E-state index in [0.717, 1.165) is 17.7 Å². The van der Waals surface area contributed by atoms with Crippen molar-refractivity contribution in [1.29, 1.82) is 0 Å². The molecule has 1 amide bonds. The summed E-state index contributed by atoms with van der Waals surface area (Å²) in [7, 11) is 0. The van der Waals surface area contributed by atoms with E-state index in [-0.39, 0.29) is 11.5 Å². The normalized spacial score (nSPS) is 16.6. The van der Waals surface area contributed by atoms with E-state index < -0.39 is 17.3 Å². The van der Waals surface area contributed by atoms with Gasteiger partial charge in [-0.3, -0.25) is 4.79 Å². The molecule has 1 aliphatic carbocycles. The molecular weight excluding hydrogens is 369 g/mol. The lowest BCUT2D eigenvalue weighted by atomic mass is 9.77. The molecule has 0 aliphatic heterocycles. The number of nitrogens with zero attached hydrogens (tertiary/aromatic N) is 1. The summed E-state index contributed by atoms with van der Waals surface area (Å²) in [4.78, 5) is 19.8. The number of benzene rings is 1. The Balaban J connectivity index is 2.01. The van der Waals surface area contributed by atoms with Crippen molar-refractivity contribution in [3.63, 3.8) is 0 Å². The first-order valence-corrected chi connectivity index (χ1v) is 9.68. The highest BCUT2D eigenvalue weighted by atomic mass is 19.1. The Kier molecular flexibility index (Phi) is 4.54. The van der Waals surface area contributed by atoms with Gasteiger partial charge in [0, 0.05) is 16.6 Å². The molecule has 0 saturated heterocycles. The zero-order valence-corrected chi connectivity index (χ0v) is 16.6. The third-order valence-corrected chi connectivity index (χ3v) is 5.91. The zero-order valence-electron chi connectivity index (χ0n) is 16.6. The third kappa shape index (κ3) is 3.23. The molecule has 1 aliphatic rings. The van der Waals surface area contributed by atoms with E-state index in [1.165, 1.54) is 6.07 Å². The molecule has 0 fully saturated rings. The van der Waals surface area contributed by atoms with Crippen LogP contribution in [0.5, 0.6) is 0 Å². The number of H-pyrrole nitrogens is 1. The second-order valence-electron chi connectivity index (χ2n) is 8.22. The Labute approximate surface area is 168 Å². The molecule has 6 heteroatoms.